The lowest BCUT2D eigenvalue weighted by Crippen LogP contribution is -2.57. The number of hydrogen-bond donors (Lipinski definition) is 3. The van der Waals surface area contributed by atoms with Gasteiger partial charge in [0.1, 0.15) is 0 Å². The maximum atomic E-state index is 6.02. The highest BCUT2D eigenvalue weighted by Gasteiger charge is 2.38. The van der Waals surface area contributed by atoms with Crippen molar-refractivity contribution in [3.8, 4) is 0 Å². The van der Waals surface area contributed by atoms with Gasteiger partial charge in [0.15, 0.2) is 0 Å². The molecule has 4 N–H and O–H groups in total. The van der Waals surface area contributed by atoms with Crippen LogP contribution in [0.2, 0.25) is 0 Å². The normalized spacial score (nSPS) is 48.0. The van der Waals surface area contributed by atoms with E-state index in [0.29, 0.717) is 24.0 Å². The second-order valence-corrected chi connectivity index (χ2v) is 6.35. The average Bonchev–Trinajstić information content (AvgIpc) is 2.28. The Labute approximate surface area is 106 Å². The topological polar surface area (TPSA) is 50.1 Å². The van der Waals surface area contributed by atoms with Crippen LogP contribution in [0.1, 0.15) is 40.0 Å². The molecule has 0 bridgehead atoms. The maximum absolute atomic E-state index is 6.02. The maximum Gasteiger partial charge on any atom is 0.0142 e. The van der Waals surface area contributed by atoms with Gasteiger partial charge in [0.05, 0.1) is 0 Å². The van der Waals surface area contributed by atoms with Gasteiger partial charge in [-0.05, 0) is 64.0 Å². The molecule has 0 radical (unpaired) electrons. The monoisotopic (exact) mass is 239 g/mol. The molecule has 2 heterocycles. The van der Waals surface area contributed by atoms with Crippen LogP contribution in [0.25, 0.3) is 0 Å². The zero-order valence-electron chi connectivity index (χ0n) is 11.6. The van der Waals surface area contributed by atoms with Crippen molar-refractivity contribution in [2.75, 3.05) is 13.1 Å². The average molecular weight is 239 g/mol. The Morgan fingerprint density at radius 1 is 1.12 bits per heavy atom. The zero-order valence-corrected chi connectivity index (χ0v) is 11.6. The van der Waals surface area contributed by atoms with Crippen LogP contribution in [0.5, 0.6) is 0 Å². The van der Waals surface area contributed by atoms with E-state index in [2.05, 4.69) is 31.4 Å². The SMILES string of the molecule is CC1CC(C2NC(C)CC(C)C2CN)CCN1. The highest BCUT2D eigenvalue weighted by molar-refractivity contribution is 4.95. The summed E-state index contributed by atoms with van der Waals surface area (Å²) in [4.78, 5) is 0. The lowest BCUT2D eigenvalue weighted by atomic mass is 9.71. The predicted molar refractivity (Wildman–Crippen MR) is 72.9 cm³/mol. The molecule has 2 aliphatic rings. The molecule has 0 spiro atoms. The molecule has 17 heavy (non-hydrogen) atoms. The number of piperidine rings is 2. The van der Waals surface area contributed by atoms with Gasteiger partial charge in [0.2, 0.25) is 0 Å². The largest absolute Gasteiger partial charge is 0.330 e. The van der Waals surface area contributed by atoms with E-state index in [4.69, 9.17) is 5.73 Å². The van der Waals surface area contributed by atoms with E-state index in [9.17, 15) is 0 Å². The molecule has 6 atom stereocenters. The van der Waals surface area contributed by atoms with Gasteiger partial charge in [-0.3, -0.25) is 0 Å². The molecule has 3 nitrogen and oxygen atoms in total. The molecule has 100 valence electrons. The van der Waals surface area contributed by atoms with Gasteiger partial charge >= 0.3 is 0 Å². The predicted octanol–water partition coefficient (Wildman–Crippen LogP) is 1.34. The fourth-order valence-electron chi connectivity index (χ4n) is 3.97. The Balaban J connectivity index is 2.04. The fraction of sp³-hybridized carbons (Fsp3) is 1.00. The van der Waals surface area contributed by atoms with E-state index in [1.807, 2.05) is 0 Å². The summed E-state index contributed by atoms with van der Waals surface area (Å²) in [6.45, 7) is 9.01. The van der Waals surface area contributed by atoms with E-state index in [-0.39, 0.29) is 0 Å². The molecule has 0 amide bonds. The Hall–Kier alpha value is -0.120. The molecular weight excluding hydrogens is 210 g/mol. The highest BCUT2D eigenvalue weighted by atomic mass is 15.0. The van der Waals surface area contributed by atoms with Gasteiger partial charge < -0.3 is 16.4 Å². The van der Waals surface area contributed by atoms with Crippen molar-refractivity contribution < 1.29 is 0 Å². The fourth-order valence-corrected chi connectivity index (χ4v) is 3.97. The summed E-state index contributed by atoms with van der Waals surface area (Å²) in [5, 5.41) is 7.38. The summed E-state index contributed by atoms with van der Waals surface area (Å²) in [5.41, 5.74) is 6.02. The Kier molecular flexibility index (Phi) is 4.45. The van der Waals surface area contributed by atoms with Crippen LogP contribution >= 0.6 is 0 Å². The van der Waals surface area contributed by atoms with Crippen LogP contribution in [0.4, 0.5) is 0 Å². The highest BCUT2D eigenvalue weighted by Crippen LogP contribution is 2.33. The first-order valence-corrected chi connectivity index (χ1v) is 7.31. The van der Waals surface area contributed by atoms with Crippen LogP contribution in [0, 0.1) is 17.8 Å². The number of rotatable bonds is 2. The van der Waals surface area contributed by atoms with Crippen molar-refractivity contribution in [2.24, 2.45) is 23.5 Å². The van der Waals surface area contributed by atoms with Gasteiger partial charge in [-0.2, -0.15) is 0 Å². The minimum Gasteiger partial charge on any atom is -0.330 e. The standard InChI is InChI=1S/C14H29N3/c1-9-6-11(3)17-14(13(9)8-15)12-4-5-16-10(2)7-12/h9-14,16-17H,4-8,15H2,1-3H3. The van der Waals surface area contributed by atoms with Gasteiger partial charge in [-0.25, -0.2) is 0 Å². The molecule has 2 rings (SSSR count). The first kappa shape index (κ1) is 13.3. The molecule has 0 aromatic carbocycles. The van der Waals surface area contributed by atoms with Gasteiger partial charge in [-0.1, -0.05) is 6.92 Å². The molecule has 0 aliphatic carbocycles. The zero-order chi connectivity index (χ0) is 12.4. The molecule has 2 fully saturated rings. The number of nitrogens with two attached hydrogens (primary N) is 1. The third-order valence-electron chi connectivity index (χ3n) is 4.84. The smallest absolute Gasteiger partial charge is 0.0142 e. The van der Waals surface area contributed by atoms with Crippen LogP contribution < -0.4 is 16.4 Å². The van der Waals surface area contributed by atoms with Crippen molar-refractivity contribution in [3.63, 3.8) is 0 Å². The number of nitrogens with one attached hydrogen (secondary N) is 2. The van der Waals surface area contributed by atoms with Crippen molar-refractivity contribution in [2.45, 2.75) is 58.2 Å². The minimum atomic E-state index is 0.642. The second-order valence-electron chi connectivity index (χ2n) is 6.35. The first-order valence-electron chi connectivity index (χ1n) is 7.31. The minimum absolute atomic E-state index is 0.642. The third-order valence-corrected chi connectivity index (χ3v) is 4.84. The summed E-state index contributed by atoms with van der Waals surface area (Å²) in [7, 11) is 0. The van der Waals surface area contributed by atoms with Crippen LogP contribution in [-0.2, 0) is 0 Å². The summed E-state index contributed by atoms with van der Waals surface area (Å²) < 4.78 is 0. The molecule has 2 aliphatic heterocycles. The summed E-state index contributed by atoms with van der Waals surface area (Å²) >= 11 is 0. The molecule has 0 aromatic heterocycles. The van der Waals surface area contributed by atoms with Crippen LogP contribution in [0.15, 0.2) is 0 Å². The van der Waals surface area contributed by atoms with Crippen molar-refractivity contribution in [1.29, 1.82) is 0 Å². The van der Waals surface area contributed by atoms with Crippen molar-refractivity contribution >= 4 is 0 Å². The molecular formula is C14H29N3. The van der Waals surface area contributed by atoms with E-state index in [0.717, 1.165) is 18.4 Å². The van der Waals surface area contributed by atoms with E-state index < -0.39 is 0 Å². The lowest BCUT2D eigenvalue weighted by Gasteiger charge is -2.46. The Bertz CT molecular complexity index is 244. The second kappa shape index (κ2) is 5.68. The van der Waals surface area contributed by atoms with E-state index in [1.54, 1.807) is 0 Å². The van der Waals surface area contributed by atoms with Crippen LogP contribution in [-0.4, -0.2) is 31.2 Å². The molecule has 2 saturated heterocycles. The number of hydrogen-bond acceptors (Lipinski definition) is 3. The molecule has 0 saturated carbocycles. The van der Waals surface area contributed by atoms with Gasteiger partial charge in [0, 0.05) is 18.1 Å². The first-order chi connectivity index (χ1) is 8.11. The van der Waals surface area contributed by atoms with Crippen molar-refractivity contribution in [1.82, 2.24) is 10.6 Å². The Morgan fingerprint density at radius 2 is 1.88 bits per heavy atom. The Morgan fingerprint density at radius 3 is 2.53 bits per heavy atom. The molecule has 0 aromatic rings. The van der Waals surface area contributed by atoms with E-state index in [1.165, 1.54) is 25.8 Å². The molecule has 6 unspecified atom stereocenters. The van der Waals surface area contributed by atoms with Crippen LogP contribution in [0.3, 0.4) is 0 Å². The molecule has 3 heteroatoms. The summed E-state index contributed by atoms with van der Waals surface area (Å²) in [6, 6.07) is 1.97. The van der Waals surface area contributed by atoms with Gasteiger partial charge in [-0.15, -0.1) is 0 Å². The van der Waals surface area contributed by atoms with E-state index >= 15 is 0 Å². The quantitative estimate of drug-likeness (QED) is 0.681. The summed E-state index contributed by atoms with van der Waals surface area (Å²) in [6.07, 6.45) is 3.88. The lowest BCUT2D eigenvalue weighted by molar-refractivity contribution is 0.104. The summed E-state index contributed by atoms with van der Waals surface area (Å²) in [5.74, 6) is 2.25. The third kappa shape index (κ3) is 3.01. The van der Waals surface area contributed by atoms with Crippen molar-refractivity contribution in [3.05, 3.63) is 0 Å². The van der Waals surface area contributed by atoms with Gasteiger partial charge in [0.25, 0.3) is 0 Å².